The Kier molecular flexibility index (Phi) is 5.97. The van der Waals surface area contributed by atoms with Gasteiger partial charge in [-0.25, -0.2) is 4.79 Å². The quantitative estimate of drug-likeness (QED) is 0.547. The van der Waals surface area contributed by atoms with E-state index in [1.807, 2.05) is 0 Å². The number of hydrogen-bond donors (Lipinski definition) is 0. The molecule has 8 heteroatoms. The van der Waals surface area contributed by atoms with Crippen molar-refractivity contribution < 1.29 is 31.6 Å². The van der Waals surface area contributed by atoms with Crippen molar-refractivity contribution >= 4 is 16.1 Å². The second kappa shape index (κ2) is 7.76. The largest absolute Gasteiger partial charge is 0.497 e. The van der Waals surface area contributed by atoms with E-state index in [4.69, 9.17) is 18.4 Å². The molecule has 0 radical (unpaired) electrons. The van der Waals surface area contributed by atoms with E-state index in [1.54, 1.807) is 0 Å². The van der Waals surface area contributed by atoms with Crippen molar-refractivity contribution in [1.29, 1.82) is 0 Å². The number of ether oxygens (including phenoxy) is 3. The predicted octanol–water partition coefficient (Wildman–Crippen LogP) is 1.51. The van der Waals surface area contributed by atoms with Crippen molar-refractivity contribution in [1.82, 2.24) is 0 Å². The van der Waals surface area contributed by atoms with Gasteiger partial charge in [0.1, 0.15) is 12.4 Å². The van der Waals surface area contributed by atoms with Crippen molar-refractivity contribution in [3.63, 3.8) is 0 Å². The highest BCUT2D eigenvalue weighted by atomic mass is 32.2. The number of carbonyl (C=O) groups excluding carboxylic acids is 1. The van der Waals surface area contributed by atoms with E-state index in [0.29, 0.717) is 12.4 Å². The second-order valence-corrected chi connectivity index (χ2v) is 6.71. The zero-order valence-corrected chi connectivity index (χ0v) is 13.9. The third-order valence-electron chi connectivity index (χ3n) is 3.39. The van der Waals surface area contributed by atoms with E-state index >= 15 is 0 Å². The van der Waals surface area contributed by atoms with Crippen molar-refractivity contribution in [2.75, 3.05) is 20.3 Å². The predicted molar refractivity (Wildman–Crippen MR) is 80.7 cm³/mol. The molecule has 0 spiro atoms. The molecule has 7 nitrogen and oxygen atoms in total. The van der Waals surface area contributed by atoms with E-state index in [9.17, 15) is 13.2 Å². The molecule has 1 unspecified atom stereocenters. The van der Waals surface area contributed by atoms with Gasteiger partial charge in [-0.05, 0) is 44.0 Å². The van der Waals surface area contributed by atoms with Crippen LogP contribution in [0.25, 0.3) is 0 Å². The zero-order valence-electron chi connectivity index (χ0n) is 13.1. The van der Waals surface area contributed by atoms with Crippen LogP contribution in [-0.4, -0.2) is 46.9 Å². The Morgan fingerprint density at radius 1 is 1.35 bits per heavy atom. The minimum Gasteiger partial charge on any atom is -0.497 e. The van der Waals surface area contributed by atoms with E-state index < -0.39 is 22.2 Å². The molecule has 23 heavy (non-hydrogen) atoms. The standard InChI is InChI=1S/C15H20O7S/c1-11(15(16)21-10-13-4-3-9-20-13)22-23(17,18)14-7-5-12(19-2)6-8-14/h5-8,11,13H,3-4,9-10H2,1-2H3/t11?,13-/m0/s1. The minimum absolute atomic E-state index is 0.0583. The highest BCUT2D eigenvalue weighted by Gasteiger charge is 2.26. The number of methoxy groups -OCH3 is 1. The van der Waals surface area contributed by atoms with Gasteiger partial charge in [-0.1, -0.05) is 0 Å². The molecular formula is C15H20O7S. The molecule has 0 N–H and O–H groups in total. The highest BCUT2D eigenvalue weighted by molar-refractivity contribution is 7.86. The topological polar surface area (TPSA) is 88.1 Å². The Morgan fingerprint density at radius 3 is 2.61 bits per heavy atom. The van der Waals surface area contributed by atoms with Crippen molar-refractivity contribution in [2.45, 2.75) is 36.9 Å². The lowest BCUT2D eigenvalue weighted by Gasteiger charge is -2.15. The summed E-state index contributed by atoms with van der Waals surface area (Å²) in [7, 11) is -2.58. The van der Waals surface area contributed by atoms with E-state index in [1.165, 1.54) is 38.3 Å². The SMILES string of the molecule is COc1ccc(S(=O)(=O)OC(C)C(=O)OC[C@@H]2CCCO2)cc1. The smallest absolute Gasteiger partial charge is 0.336 e. The lowest BCUT2D eigenvalue weighted by atomic mass is 10.2. The first-order chi connectivity index (χ1) is 10.9. The summed E-state index contributed by atoms with van der Waals surface area (Å²) in [6.45, 7) is 2.09. The van der Waals surface area contributed by atoms with Gasteiger partial charge in [-0.15, -0.1) is 0 Å². The van der Waals surface area contributed by atoms with Gasteiger partial charge >= 0.3 is 5.97 Å². The summed E-state index contributed by atoms with van der Waals surface area (Å²) in [6.07, 6.45) is 0.403. The molecule has 0 aromatic heterocycles. The van der Waals surface area contributed by atoms with Gasteiger partial charge in [-0.2, -0.15) is 8.42 Å². The maximum absolute atomic E-state index is 12.1. The van der Waals surface area contributed by atoms with E-state index in [2.05, 4.69) is 0 Å². The monoisotopic (exact) mass is 344 g/mol. The third kappa shape index (κ3) is 4.92. The van der Waals surface area contributed by atoms with Crippen LogP contribution in [0.15, 0.2) is 29.2 Å². The van der Waals surface area contributed by atoms with Gasteiger partial charge in [0, 0.05) is 6.61 Å². The van der Waals surface area contributed by atoms with Crippen LogP contribution in [0.2, 0.25) is 0 Å². The van der Waals surface area contributed by atoms with Gasteiger partial charge in [0.15, 0.2) is 6.10 Å². The fourth-order valence-corrected chi connectivity index (χ4v) is 3.13. The number of esters is 1. The highest BCUT2D eigenvalue weighted by Crippen LogP contribution is 2.19. The Balaban J connectivity index is 1.91. The molecule has 1 saturated heterocycles. The molecular weight excluding hydrogens is 324 g/mol. The number of benzene rings is 1. The van der Waals surface area contributed by atoms with Crippen LogP contribution in [0, 0.1) is 0 Å². The van der Waals surface area contributed by atoms with Crippen LogP contribution in [0.1, 0.15) is 19.8 Å². The molecule has 0 aliphatic carbocycles. The molecule has 0 bridgehead atoms. The van der Waals surface area contributed by atoms with Gasteiger partial charge < -0.3 is 14.2 Å². The van der Waals surface area contributed by atoms with Gasteiger partial charge in [0.25, 0.3) is 10.1 Å². The number of hydrogen-bond acceptors (Lipinski definition) is 7. The molecule has 1 aliphatic heterocycles. The van der Waals surface area contributed by atoms with Crippen LogP contribution in [-0.2, 0) is 28.6 Å². The van der Waals surface area contributed by atoms with Crippen LogP contribution >= 0.6 is 0 Å². The molecule has 0 saturated carbocycles. The number of rotatable bonds is 7. The summed E-state index contributed by atoms with van der Waals surface area (Å²) in [5, 5.41) is 0. The molecule has 1 aromatic rings. The fourth-order valence-electron chi connectivity index (χ4n) is 2.10. The Morgan fingerprint density at radius 2 is 2.04 bits per heavy atom. The molecule has 1 aromatic carbocycles. The van der Waals surface area contributed by atoms with Gasteiger partial charge in [-0.3, -0.25) is 4.18 Å². The van der Waals surface area contributed by atoms with Crippen molar-refractivity contribution in [2.24, 2.45) is 0 Å². The van der Waals surface area contributed by atoms with Crippen LogP contribution in [0.3, 0.4) is 0 Å². The summed E-state index contributed by atoms with van der Waals surface area (Å²) in [4.78, 5) is 11.8. The molecule has 1 fully saturated rings. The zero-order chi connectivity index (χ0) is 16.9. The Bertz CT molecular complexity index is 618. The van der Waals surface area contributed by atoms with Gasteiger partial charge in [0.05, 0.1) is 18.1 Å². The Hall–Kier alpha value is -1.64. The lowest BCUT2D eigenvalue weighted by Crippen LogP contribution is -2.29. The second-order valence-electron chi connectivity index (χ2n) is 5.13. The summed E-state index contributed by atoms with van der Waals surface area (Å²) >= 11 is 0. The van der Waals surface area contributed by atoms with Crippen molar-refractivity contribution in [3.05, 3.63) is 24.3 Å². The molecule has 2 atom stereocenters. The van der Waals surface area contributed by atoms with E-state index in [0.717, 1.165) is 12.8 Å². The first-order valence-electron chi connectivity index (χ1n) is 7.28. The summed E-state index contributed by atoms with van der Waals surface area (Å²) in [5.41, 5.74) is 0. The normalized spacial score (nSPS) is 19.3. The first kappa shape index (κ1) is 17.7. The van der Waals surface area contributed by atoms with Crippen LogP contribution < -0.4 is 4.74 Å². The van der Waals surface area contributed by atoms with Crippen LogP contribution in [0.4, 0.5) is 0 Å². The lowest BCUT2D eigenvalue weighted by molar-refractivity contribution is -0.154. The molecule has 1 aliphatic rings. The summed E-state index contributed by atoms with van der Waals surface area (Å²) in [5.74, 6) is -0.217. The van der Waals surface area contributed by atoms with Crippen molar-refractivity contribution in [3.8, 4) is 5.75 Å². The maximum Gasteiger partial charge on any atom is 0.336 e. The maximum atomic E-state index is 12.1. The fraction of sp³-hybridized carbons (Fsp3) is 0.533. The average Bonchev–Trinajstić information content (AvgIpc) is 3.05. The Labute approximate surface area is 135 Å². The summed E-state index contributed by atoms with van der Waals surface area (Å²) in [6, 6.07) is 5.69. The first-order valence-corrected chi connectivity index (χ1v) is 8.69. The molecule has 128 valence electrons. The van der Waals surface area contributed by atoms with Gasteiger partial charge in [0.2, 0.25) is 0 Å². The minimum atomic E-state index is -4.05. The van der Waals surface area contributed by atoms with Crippen LogP contribution in [0.5, 0.6) is 5.75 Å². The average molecular weight is 344 g/mol. The molecule has 0 amide bonds. The van der Waals surface area contributed by atoms with E-state index in [-0.39, 0.29) is 17.6 Å². The number of carbonyl (C=O) groups is 1. The molecule has 1 heterocycles. The third-order valence-corrected chi connectivity index (χ3v) is 4.78. The molecule has 2 rings (SSSR count). The summed E-state index contributed by atoms with van der Waals surface area (Å²) < 4.78 is 44.4.